The maximum Gasteiger partial charge on any atom is 0.267 e. The molecule has 10 heteroatoms. The highest BCUT2D eigenvalue weighted by Gasteiger charge is 2.15. The van der Waals surface area contributed by atoms with E-state index in [4.69, 9.17) is 32.5 Å². The predicted molar refractivity (Wildman–Crippen MR) is 107 cm³/mol. The molecular formula is C20H16ClFN4O4. The van der Waals surface area contributed by atoms with E-state index in [9.17, 15) is 14.0 Å². The molecule has 1 heterocycles. The molecule has 1 atom stereocenters. The molecular weight excluding hydrogens is 415 g/mol. The van der Waals surface area contributed by atoms with E-state index in [1.807, 2.05) is 0 Å². The Morgan fingerprint density at radius 2 is 1.90 bits per heavy atom. The zero-order valence-electron chi connectivity index (χ0n) is 15.4. The van der Waals surface area contributed by atoms with Crippen LogP contribution in [0.4, 0.5) is 4.39 Å². The Labute approximate surface area is 175 Å². The predicted octanol–water partition coefficient (Wildman–Crippen LogP) is 2.73. The van der Waals surface area contributed by atoms with Gasteiger partial charge in [-0.2, -0.15) is 4.98 Å². The van der Waals surface area contributed by atoms with Crippen LogP contribution in [0.5, 0.6) is 17.4 Å². The molecule has 3 rings (SSSR count). The summed E-state index contributed by atoms with van der Waals surface area (Å²) in [5, 5.41) is 0.332. The van der Waals surface area contributed by atoms with Crippen molar-refractivity contribution in [3.63, 3.8) is 0 Å². The van der Waals surface area contributed by atoms with Crippen molar-refractivity contribution in [2.45, 2.75) is 6.10 Å². The Hall–Kier alpha value is -3.56. The molecule has 2 aromatic carbocycles. The number of hydrogen-bond donors (Lipinski definition) is 2. The van der Waals surface area contributed by atoms with Gasteiger partial charge in [-0.15, -0.1) is 0 Å². The van der Waals surface area contributed by atoms with Crippen molar-refractivity contribution in [2.75, 3.05) is 6.54 Å². The number of aromatic nitrogens is 2. The van der Waals surface area contributed by atoms with Crippen LogP contribution < -0.4 is 20.9 Å². The molecule has 8 nitrogen and oxygen atoms in total. The summed E-state index contributed by atoms with van der Waals surface area (Å²) in [6, 6.07) is 11.5. The summed E-state index contributed by atoms with van der Waals surface area (Å²) in [7, 11) is 0. The SMILES string of the molecule is NC[C@@H](C=O)Oc1cc(C(N)=O)nc(-c2ccc(Oc3cc(Cl)ccc3F)cc2)n1. The third-order valence-electron chi connectivity index (χ3n) is 3.84. The minimum Gasteiger partial charge on any atom is -0.465 e. The van der Waals surface area contributed by atoms with Gasteiger partial charge in [-0.25, -0.2) is 9.37 Å². The summed E-state index contributed by atoms with van der Waals surface area (Å²) in [6.45, 7) is -0.0686. The number of ether oxygens (including phenoxy) is 2. The zero-order valence-corrected chi connectivity index (χ0v) is 16.2. The minimum absolute atomic E-state index is 0.0281. The maximum absolute atomic E-state index is 13.8. The van der Waals surface area contributed by atoms with Crippen molar-refractivity contribution < 1.29 is 23.5 Å². The third kappa shape index (κ3) is 5.07. The van der Waals surface area contributed by atoms with Crippen LogP contribution in [0.3, 0.4) is 0 Å². The van der Waals surface area contributed by atoms with Gasteiger partial charge in [0, 0.05) is 29.3 Å². The fraction of sp³-hybridized carbons (Fsp3) is 0.100. The van der Waals surface area contributed by atoms with Gasteiger partial charge in [-0.1, -0.05) is 11.6 Å². The smallest absolute Gasteiger partial charge is 0.267 e. The number of halogens is 2. The fourth-order valence-electron chi connectivity index (χ4n) is 2.38. The van der Waals surface area contributed by atoms with E-state index in [2.05, 4.69) is 9.97 Å². The lowest BCUT2D eigenvalue weighted by Gasteiger charge is -2.12. The lowest BCUT2D eigenvalue weighted by atomic mass is 10.2. The average Bonchev–Trinajstić information content (AvgIpc) is 2.75. The molecule has 0 aliphatic rings. The van der Waals surface area contributed by atoms with E-state index in [1.54, 1.807) is 24.3 Å². The van der Waals surface area contributed by atoms with Gasteiger partial charge in [0.15, 0.2) is 29.8 Å². The highest BCUT2D eigenvalue weighted by atomic mass is 35.5. The first-order valence-electron chi connectivity index (χ1n) is 8.64. The number of amides is 1. The summed E-state index contributed by atoms with van der Waals surface area (Å²) in [6.07, 6.45) is -0.413. The molecule has 0 saturated carbocycles. The second-order valence-corrected chi connectivity index (χ2v) is 6.44. The van der Waals surface area contributed by atoms with E-state index in [-0.39, 0.29) is 29.7 Å². The molecule has 4 N–H and O–H groups in total. The highest BCUT2D eigenvalue weighted by Crippen LogP contribution is 2.29. The Kier molecular flexibility index (Phi) is 6.55. The molecule has 1 aromatic heterocycles. The lowest BCUT2D eigenvalue weighted by Crippen LogP contribution is -2.28. The highest BCUT2D eigenvalue weighted by molar-refractivity contribution is 6.30. The Bertz CT molecular complexity index is 1080. The van der Waals surface area contributed by atoms with Crippen molar-refractivity contribution in [1.82, 2.24) is 9.97 Å². The van der Waals surface area contributed by atoms with Gasteiger partial charge in [0.1, 0.15) is 11.4 Å². The fourth-order valence-corrected chi connectivity index (χ4v) is 2.54. The van der Waals surface area contributed by atoms with E-state index >= 15 is 0 Å². The molecule has 1 amide bonds. The number of carbonyl (C=O) groups is 2. The van der Waals surface area contributed by atoms with Crippen LogP contribution in [-0.2, 0) is 4.79 Å². The summed E-state index contributed by atoms with van der Waals surface area (Å²) < 4.78 is 24.7. The first-order chi connectivity index (χ1) is 14.4. The van der Waals surface area contributed by atoms with Gasteiger partial charge in [0.2, 0.25) is 5.88 Å². The molecule has 0 bridgehead atoms. The van der Waals surface area contributed by atoms with Crippen molar-refractivity contribution in [3.8, 4) is 28.8 Å². The number of aldehydes is 1. The van der Waals surface area contributed by atoms with Gasteiger partial charge >= 0.3 is 0 Å². The maximum atomic E-state index is 13.8. The molecule has 0 aliphatic carbocycles. The quantitative estimate of drug-likeness (QED) is 0.525. The van der Waals surface area contributed by atoms with Crippen molar-refractivity contribution in [3.05, 3.63) is 65.1 Å². The van der Waals surface area contributed by atoms with Crippen molar-refractivity contribution in [2.24, 2.45) is 11.5 Å². The molecule has 0 unspecified atom stereocenters. The number of hydrogen-bond acceptors (Lipinski definition) is 7. The second kappa shape index (κ2) is 9.29. The number of carbonyl (C=O) groups excluding carboxylic acids is 2. The van der Waals surface area contributed by atoms with Gasteiger partial charge in [0.05, 0.1) is 0 Å². The summed E-state index contributed by atoms with van der Waals surface area (Å²) in [4.78, 5) is 30.8. The molecule has 30 heavy (non-hydrogen) atoms. The van der Waals surface area contributed by atoms with Crippen LogP contribution in [0.1, 0.15) is 10.5 Å². The number of benzene rings is 2. The Morgan fingerprint density at radius 1 is 1.17 bits per heavy atom. The monoisotopic (exact) mass is 430 g/mol. The van der Waals surface area contributed by atoms with Gasteiger partial charge in [-0.3, -0.25) is 9.59 Å². The van der Waals surface area contributed by atoms with Crippen LogP contribution >= 0.6 is 11.6 Å². The summed E-state index contributed by atoms with van der Waals surface area (Å²) >= 11 is 5.86. The zero-order chi connectivity index (χ0) is 21.7. The van der Waals surface area contributed by atoms with Gasteiger partial charge in [0.25, 0.3) is 5.91 Å². The lowest BCUT2D eigenvalue weighted by molar-refractivity contribution is -0.113. The third-order valence-corrected chi connectivity index (χ3v) is 4.08. The van der Waals surface area contributed by atoms with Crippen molar-refractivity contribution in [1.29, 1.82) is 0 Å². The Balaban J connectivity index is 1.89. The number of nitrogens with zero attached hydrogens (tertiary/aromatic N) is 2. The van der Waals surface area contributed by atoms with Crippen LogP contribution in [0.2, 0.25) is 5.02 Å². The molecule has 0 fully saturated rings. The first-order valence-corrected chi connectivity index (χ1v) is 9.01. The topological polar surface area (TPSA) is 130 Å². The van der Waals surface area contributed by atoms with Crippen LogP contribution in [0, 0.1) is 5.82 Å². The van der Waals surface area contributed by atoms with Crippen LogP contribution in [-0.4, -0.2) is 34.8 Å². The molecule has 0 spiro atoms. The molecule has 0 aliphatic heterocycles. The minimum atomic E-state index is -0.933. The van der Waals surface area contributed by atoms with E-state index in [0.717, 1.165) is 0 Å². The summed E-state index contributed by atoms with van der Waals surface area (Å²) in [5.74, 6) is -0.949. The molecule has 0 saturated heterocycles. The molecule has 154 valence electrons. The largest absolute Gasteiger partial charge is 0.465 e. The van der Waals surface area contributed by atoms with E-state index < -0.39 is 17.8 Å². The van der Waals surface area contributed by atoms with Crippen LogP contribution in [0.15, 0.2) is 48.5 Å². The number of nitrogens with two attached hydrogens (primary N) is 2. The van der Waals surface area contributed by atoms with E-state index in [0.29, 0.717) is 22.6 Å². The molecule has 3 aromatic rings. The number of rotatable bonds is 8. The van der Waals surface area contributed by atoms with E-state index in [1.165, 1.54) is 24.3 Å². The van der Waals surface area contributed by atoms with Gasteiger partial charge in [-0.05, 0) is 36.4 Å². The Morgan fingerprint density at radius 3 is 2.53 bits per heavy atom. The summed E-state index contributed by atoms with van der Waals surface area (Å²) in [5.41, 5.74) is 11.2. The van der Waals surface area contributed by atoms with Crippen LogP contribution in [0.25, 0.3) is 11.4 Å². The van der Waals surface area contributed by atoms with Crippen molar-refractivity contribution >= 4 is 23.8 Å². The normalized spacial score (nSPS) is 11.6. The average molecular weight is 431 g/mol. The molecule has 0 radical (unpaired) electrons. The standard InChI is InChI=1S/C20H16ClFN4O4/c21-12-3-6-15(22)17(7-12)29-13-4-1-11(2-5-13)20-25-16(19(24)28)8-18(26-20)30-14(9-23)10-27/h1-8,10,14H,9,23H2,(H2,24,28)/t14-/m0/s1. The second-order valence-electron chi connectivity index (χ2n) is 6.01. The van der Waals surface area contributed by atoms with Gasteiger partial charge < -0.3 is 20.9 Å². The first kappa shape index (κ1) is 21.2. The number of primary amides is 1.